The number of amides is 1. The molecule has 0 radical (unpaired) electrons. The first-order valence-corrected chi connectivity index (χ1v) is 9.70. The Morgan fingerprint density at radius 1 is 1.19 bits per heavy atom. The Morgan fingerprint density at radius 2 is 1.81 bits per heavy atom. The van der Waals surface area contributed by atoms with Gasteiger partial charge in [-0.05, 0) is 45.0 Å². The summed E-state index contributed by atoms with van der Waals surface area (Å²) in [7, 11) is -3.63. The lowest BCUT2D eigenvalue weighted by atomic mass is 10.2. The maximum Gasteiger partial charge on any atom is 0.256 e. The van der Waals surface area contributed by atoms with Crippen molar-refractivity contribution < 1.29 is 22.5 Å². The summed E-state index contributed by atoms with van der Waals surface area (Å²) < 4.78 is 37.5. The minimum atomic E-state index is -3.63. The molecule has 3 rings (SSSR count). The van der Waals surface area contributed by atoms with E-state index in [2.05, 4.69) is 10.5 Å². The third kappa shape index (κ3) is 3.95. The minimum Gasteiger partial charge on any atom is -0.373 e. The summed E-state index contributed by atoms with van der Waals surface area (Å²) >= 11 is 0. The Balaban J connectivity index is 1.75. The van der Waals surface area contributed by atoms with Crippen LogP contribution in [0.25, 0.3) is 0 Å². The standard InChI is InChI=1S/C17H21N3O5S/c1-11-8-16(19-25-11)18-17(21)14-4-6-15(7-5-14)26(22,23)20-9-12(2)24-13(3)10-20/h4-8,12-13H,9-10H2,1-3H3,(H,18,19,21)/t12-,13+. The van der Waals surface area contributed by atoms with Crippen LogP contribution in [-0.4, -0.2) is 49.1 Å². The Morgan fingerprint density at radius 3 is 2.35 bits per heavy atom. The van der Waals surface area contributed by atoms with Crippen molar-refractivity contribution in [1.29, 1.82) is 0 Å². The molecule has 1 N–H and O–H groups in total. The molecule has 1 aliphatic rings. The van der Waals surface area contributed by atoms with E-state index in [1.54, 1.807) is 13.0 Å². The summed E-state index contributed by atoms with van der Waals surface area (Å²) in [4.78, 5) is 12.3. The van der Waals surface area contributed by atoms with Crippen LogP contribution in [0.15, 0.2) is 39.8 Å². The van der Waals surface area contributed by atoms with Crippen molar-refractivity contribution in [3.05, 3.63) is 41.7 Å². The molecule has 9 heteroatoms. The van der Waals surface area contributed by atoms with E-state index >= 15 is 0 Å². The van der Waals surface area contributed by atoms with Gasteiger partial charge in [0.25, 0.3) is 5.91 Å². The number of sulfonamides is 1. The van der Waals surface area contributed by atoms with Crippen molar-refractivity contribution in [1.82, 2.24) is 9.46 Å². The van der Waals surface area contributed by atoms with Crippen molar-refractivity contribution in [2.75, 3.05) is 18.4 Å². The van der Waals surface area contributed by atoms with Crippen LogP contribution in [0.2, 0.25) is 0 Å². The highest BCUT2D eigenvalue weighted by molar-refractivity contribution is 7.89. The van der Waals surface area contributed by atoms with E-state index in [9.17, 15) is 13.2 Å². The lowest BCUT2D eigenvalue weighted by Crippen LogP contribution is -2.48. The van der Waals surface area contributed by atoms with Gasteiger partial charge in [0.2, 0.25) is 10.0 Å². The molecule has 2 atom stereocenters. The predicted octanol–water partition coefficient (Wildman–Crippen LogP) is 2.03. The summed E-state index contributed by atoms with van der Waals surface area (Å²) in [5, 5.41) is 6.28. The molecule has 1 aromatic carbocycles. The van der Waals surface area contributed by atoms with Gasteiger partial charge in [0.05, 0.1) is 17.1 Å². The summed E-state index contributed by atoms with van der Waals surface area (Å²) in [5.41, 5.74) is 0.327. The molecule has 2 aromatic rings. The van der Waals surface area contributed by atoms with Gasteiger partial charge < -0.3 is 14.6 Å². The van der Waals surface area contributed by atoms with E-state index in [1.807, 2.05) is 13.8 Å². The van der Waals surface area contributed by atoms with Gasteiger partial charge in [-0.25, -0.2) is 8.42 Å². The lowest BCUT2D eigenvalue weighted by molar-refractivity contribution is -0.0440. The molecule has 0 bridgehead atoms. The molecule has 0 aliphatic carbocycles. The van der Waals surface area contributed by atoms with Crippen molar-refractivity contribution in [3.63, 3.8) is 0 Å². The van der Waals surface area contributed by atoms with Crippen LogP contribution < -0.4 is 5.32 Å². The second-order valence-corrected chi connectivity index (χ2v) is 8.32. The Hall–Kier alpha value is -2.23. The van der Waals surface area contributed by atoms with E-state index in [0.717, 1.165) is 0 Å². The van der Waals surface area contributed by atoms with Gasteiger partial charge in [0, 0.05) is 24.7 Å². The van der Waals surface area contributed by atoms with Gasteiger partial charge in [-0.15, -0.1) is 0 Å². The van der Waals surface area contributed by atoms with Gasteiger partial charge in [0.1, 0.15) is 5.76 Å². The lowest BCUT2D eigenvalue weighted by Gasteiger charge is -2.34. The number of morpholine rings is 1. The fourth-order valence-electron chi connectivity index (χ4n) is 2.87. The zero-order valence-corrected chi connectivity index (χ0v) is 15.6. The number of carbonyl (C=O) groups excluding carboxylic acids is 1. The van der Waals surface area contributed by atoms with Crippen LogP contribution in [0.4, 0.5) is 5.82 Å². The van der Waals surface area contributed by atoms with Gasteiger partial charge in [-0.3, -0.25) is 4.79 Å². The molecule has 0 unspecified atom stereocenters. The number of carbonyl (C=O) groups is 1. The molecule has 1 amide bonds. The number of nitrogens with one attached hydrogen (secondary N) is 1. The van der Waals surface area contributed by atoms with Crippen LogP contribution >= 0.6 is 0 Å². The van der Waals surface area contributed by atoms with Crippen LogP contribution in [0.3, 0.4) is 0 Å². The molecule has 0 saturated carbocycles. The van der Waals surface area contributed by atoms with Crippen molar-refractivity contribution >= 4 is 21.7 Å². The third-order valence-electron chi connectivity index (χ3n) is 4.01. The highest BCUT2D eigenvalue weighted by atomic mass is 32.2. The SMILES string of the molecule is Cc1cc(NC(=O)c2ccc(S(=O)(=O)N3C[C@@H](C)O[C@@H](C)C3)cc2)no1. The molecular formula is C17H21N3O5S. The molecule has 1 saturated heterocycles. The van der Waals surface area contributed by atoms with Crippen LogP contribution in [0, 0.1) is 6.92 Å². The predicted molar refractivity (Wildman–Crippen MR) is 94.4 cm³/mol. The smallest absolute Gasteiger partial charge is 0.256 e. The second-order valence-electron chi connectivity index (χ2n) is 6.38. The van der Waals surface area contributed by atoms with Gasteiger partial charge >= 0.3 is 0 Å². The first-order valence-electron chi connectivity index (χ1n) is 8.26. The van der Waals surface area contributed by atoms with E-state index < -0.39 is 15.9 Å². The first kappa shape index (κ1) is 18.6. The van der Waals surface area contributed by atoms with Crippen LogP contribution in [0.1, 0.15) is 30.0 Å². The quantitative estimate of drug-likeness (QED) is 0.872. The molecule has 1 fully saturated rings. The summed E-state index contributed by atoms with van der Waals surface area (Å²) in [5.74, 6) is 0.493. The summed E-state index contributed by atoms with van der Waals surface area (Å²) in [6, 6.07) is 7.41. The molecule has 1 aliphatic heterocycles. The highest BCUT2D eigenvalue weighted by Gasteiger charge is 2.32. The number of hydrogen-bond donors (Lipinski definition) is 1. The highest BCUT2D eigenvalue weighted by Crippen LogP contribution is 2.21. The number of hydrogen-bond acceptors (Lipinski definition) is 6. The molecular weight excluding hydrogens is 358 g/mol. The molecule has 2 heterocycles. The largest absolute Gasteiger partial charge is 0.373 e. The first-order chi connectivity index (χ1) is 12.3. The van der Waals surface area contributed by atoms with E-state index in [1.165, 1.54) is 28.6 Å². The topological polar surface area (TPSA) is 102 Å². The van der Waals surface area contributed by atoms with E-state index in [0.29, 0.717) is 30.2 Å². The fourth-order valence-corrected chi connectivity index (χ4v) is 4.46. The van der Waals surface area contributed by atoms with E-state index in [-0.39, 0.29) is 17.1 Å². The number of benzene rings is 1. The van der Waals surface area contributed by atoms with Gasteiger partial charge in [-0.1, -0.05) is 5.16 Å². The normalized spacial score (nSPS) is 21.5. The zero-order chi connectivity index (χ0) is 18.9. The number of aryl methyl sites for hydroxylation is 1. The molecule has 140 valence electrons. The maximum absolute atomic E-state index is 12.8. The van der Waals surface area contributed by atoms with Crippen molar-refractivity contribution in [2.24, 2.45) is 0 Å². The molecule has 1 aromatic heterocycles. The van der Waals surface area contributed by atoms with Crippen LogP contribution in [0.5, 0.6) is 0 Å². The maximum atomic E-state index is 12.8. The summed E-state index contributed by atoms with van der Waals surface area (Å²) in [6.45, 7) is 6.02. The third-order valence-corrected chi connectivity index (χ3v) is 5.86. The second kappa shape index (κ2) is 7.18. The molecule has 0 spiro atoms. The van der Waals surface area contributed by atoms with E-state index in [4.69, 9.17) is 9.26 Å². The monoisotopic (exact) mass is 379 g/mol. The average molecular weight is 379 g/mol. The van der Waals surface area contributed by atoms with Gasteiger partial charge in [0.15, 0.2) is 5.82 Å². The van der Waals surface area contributed by atoms with Crippen molar-refractivity contribution in [2.45, 2.75) is 37.9 Å². The number of ether oxygens (including phenoxy) is 1. The number of anilines is 1. The number of nitrogens with zero attached hydrogens (tertiary/aromatic N) is 2. The Kier molecular flexibility index (Phi) is 5.12. The number of rotatable bonds is 4. The Labute approximate surface area is 152 Å². The fraction of sp³-hybridized carbons (Fsp3) is 0.412. The van der Waals surface area contributed by atoms with Crippen molar-refractivity contribution in [3.8, 4) is 0 Å². The zero-order valence-electron chi connectivity index (χ0n) is 14.8. The summed E-state index contributed by atoms with van der Waals surface area (Å²) in [6.07, 6.45) is -0.325. The minimum absolute atomic E-state index is 0.146. The number of aromatic nitrogens is 1. The molecule has 26 heavy (non-hydrogen) atoms. The van der Waals surface area contributed by atoms with Gasteiger partial charge in [-0.2, -0.15) is 4.31 Å². The Bertz CT molecular complexity index is 881. The average Bonchev–Trinajstić information content (AvgIpc) is 2.99. The van der Waals surface area contributed by atoms with Crippen LogP contribution in [-0.2, 0) is 14.8 Å². The molecule has 8 nitrogen and oxygen atoms in total.